The molecule has 4 rings (SSSR count). The summed E-state index contributed by atoms with van der Waals surface area (Å²) in [4.78, 5) is 14.8. The van der Waals surface area contributed by atoms with Crippen molar-refractivity contribution < 1.29 is 19.0 Å². The first-order valence-corrected chi connectivity index (χ1v) is 8.17. The van der Waals surface area contributed by atoms with Gasteiger partial charge in [0.1, 0.15) is 19.3 Å². The summed E-state index contributed by atoms with van der Waals surface area (Å²) < 4.78 is 17.1. The lowest BCUT2D eigenvalue weighted by atomic mass is 10.1. The van der Waals surface area contributed by atoms with E-state index in [9.17, 15) is 4.79 Å². The van der Waals surface area contributed by atoms with E-state index in [0.29, 0.717) is 50.0 Å². The van der Waals surface area contributed by atoms with Crippen molar-refractivity contribution in [3.63, 3.8) is 0 Å². The fourth-order valence-corrected chi connectivity index (χ4v) is 3.12. The zero-order valence-electron chi connectivity index (χ0n) is 13.3. The summed E-state index contributed by atoms with van der Waals surface area (Å²) in [5, 5.41) is 0. The predicted molar refractivity (Wildman–Crippen MR) is 88.5 cm³/mol. The van der Waals surface area contributed by atoms with Crippen LogP contribution < -0.4 is 9.47 Å². The number of fused-ring (bicyclic) bond motifs is 1. The van der Waals surface area contributed by atoms with Gasteiger partial charge in [-0.3, -0.25) is 4.79 Å². The van der Waals surface area contributed by atoms with Crippen LogP contribution in [-0.4, -0.2) is 43.7 Å². The molecule has 2 aliphatic heterocycles. The molecular weight excluding hydrogens is 306 g/mol. The molecule has 0 radical (unpaired) electrons. The van der Waals surface area contributed by atoms with Gasteiger partial charge < -0.3 is 19.1 Å². The molecule has 0 aliphatic carbocycles. The number of hydrogen-bond acceptors (Lipinski definition) is 4. The van der Waals surface area contributed by atoms with Crippen LogP contribution in [0.3, 0.4) is 0 Å². The summed E-state index contributed by atoms with van der Waals surface area (Å²) in [6.07, 6.45) is -0.0967. The monoisotopic (exact) mass is 325 g/mol. The Hall–Kier alpha value is -2.53. The van der Waals surface area contributed by atoms with Gasteiger partial charge in [0, 0.05) is 6.54 Å². The second-order valence-electron chi connectivity index (χ2n) is 5.85. The van der Waals surface area contributed by atoms with E-state index < -0.39 is 0 Å². The van der Waals surface area contributed by atoms with Crippen LogP contribution in [0.25, 0.3) is 0 Å². The molecule has 0 spiro atoms. The van der Waals surface area contributed by atoms with Crippen LogP contribution in [0.4, 0.5) is 0 Å². The summed E-state index contributed by atoms with van der Waals surface area (Å²) in [6.45, 7) is 2.61. The van der Waals surface area contributed by atoms with Crippen LogP contribution in [0, 0.1) is 0 Å². The Morgan fingerprint density at radius 3 is 2.67 bits per heavy atom. The number of para-hydroxylation sites is 1. The van der Waals surface area contributed by atoms with Crippen molar-refractivity contribution in [2.45, 2.75) is 6.10 Å². The number of morpholine rings is 1. The number of benzene rings is 2. The zero-order valence-corrected chi connectivity index (χ0v) is 13.3. The quantitative estimate of drug-likeness (QED) is 0.852. The summed E-state index contributed by atoms with van der Waals surface area (Å²) in [7, 11) is 0. The van der Waals surface area contributed by atoms with E-state index in [2.05, 4.69) is 0 Å². The van der Waals surface area contributed by atoms with E-state index in [1.807, 2.05) is 47.4 Å². The minimum atomic E-state index is -0.0967. The Bertz CT molecular complexity index is 731. The largest absolute Gasteiger partial charge is 0.486 e. The fourth-order valence-electron chi connectivity index (χ4n) is 3.12. The highest BCUT2D eigenvalue weighted by atomic mass is 16.6. The Balaban J connectivity index is 1.56. The van der Waals surface area contributed by atoms with Crippen LogP contribution in [-0.2, 0) is 4.74 Å². The van der Waals surface area contributed by atoms with Crippen molar-refractivity contribution in [1.29, 1.82) is 0 Å². The van der Waals surface area contributed by atoms with Gasteiger partial charge >= 0.3 is 0 Å². The van der Waals surface area contributed by atoms with Crippen LogP contribution in [0.5, 0.6) is 11.5 Å². The zero-order chi connectivity index (χ0) is 16.4. The Kier molecular flexibility index (Phi) is 4.09. The van der Waals surface area contributed by atoms with Gasteiger partial charge in [-0.2, -0.15) is 0 Å². The Labute approximate surface area is 140 Å². The first kappa shape index (κ1) is 15.0. The van der Waals surface area contributed by atoms with Crippen LogP contribution in [0.1, 0.15) is 22.0 Å². The summed E-state index contributed by atoms with van der Waals surface area (Å²) in [6, 6.07) is 15.5. The maximum absolute atomic E-state index is 13.0. The van der Waals surface area contributed by atoms with Gasteiger partial charge in [-0.25, -0.2) is 0 Å². The normalized spacial score (nSPS) is 19.8. The average molecular weight is 325 g/mol. The fraction of sp³-hybridized carbons (Fsp3) is 0.316. The van der Waals surface area contributed by atoms with Crippen LogP contribution in [0.15, 0.2) is 48.5 Å². The standard InChI is InChI=1S/C19H19NO4/c21-19(15-7-4-8-16-18(15)24-12-11-23-16)20-9-10-22-17(13-20)14-5-2-1-3-6-14/h1-8,17H,9-13H2/t17-/m0/s1. The number of amides is 1. The van der Waals surface area contributed by atoms with Gasteiger partial charge in [-0.05, 0) is 17.7 Å². The molecule has 124 valence electrons. The molecule has 0 unspecified atom stereocenters. The first-order valence-electron chi connectivity index (χ1n) is 8.17. The number of rotatable bonds is 2. The molecule has 1 fully saturated rings. The number of carbonyl (C=O) groups is 1. The second kappa shape index (κ2) is 6.53. The number of ether oxygens (including phenoxy) is 3. The second-order valence-corrected chi connectivity index (χ2v) is 5.85. The summed E-state index contributed by atoms with van der Waals surface area (Å²) >= 11 is 0. The minimum absolute atomic E-state index is 0.0402. The Morgan fingerprint density at radius 2 is 1.79 bits per heavy atom. The smallest absolute Gasteiger partial charge is 0.257 e. The van der Waals surface area contributed by atoms with Gasteiger partial charge in [0.15, 0.2) is 11.5 Å². The minimum Gasteiger partial charge on any atom is -0.486 e. The van der Waals surface area contributed by atoms with Crippen LogP contribution in [0.2, 0.25) is 0 Å². The molecule has 0 N–H and O–H groups in total. The van der Waals surface area contributed by atoms with Gasteiger partial charge in [-0.15, -0.1) is 0 Å². The third-order valence-corrected chi connectivity index (χ3v) is 4.32. The highest BCUT2D eigenvalue weighted by molar-refractivity contribution is 5.98. The average Bonchev–Trinajstić information content (AvgIpc) is 2.68. The SMILES string of the molecule is O=C(c1cccc2c1OCCO2)N1CCO[C@H](c2ccccc2)C1. The van der Waals surface area contributed by atoms with E-state index in [-0.39, 0.29) is 12.0 Å². The third-order valence-electron chi connectivity index (χ3n) is 4.32. The molecule has 24 heavy (non-hydrogen) atoms. The molecule has 1 amide bonds. The first-order chi connectivity index (χ1) is 11.8. The van der Waals surface area contributed by atoms with Crippen molar-refractivity contribution >= 4 is 5.91 Å². The molecule has 0 bridgehead atoms. The molecule has 1 saturated heterocycles. The lowest BCUT2D eigenvalue weighted by Crippen LogP contribution is -2.42. The van der Waals surface area contributed by atoms with Gasteiger partial charge in [0.25, 0.3) is 5.91 Å². The molecule has 1 atom stereocenters. The van der Waals surface area contributed by atoms with Crippen molar-refractivity contribution in [2.24, 2.45) is 0 Å². The van der Waals surface area contributed by atoms with E-state index in [1.165, 1.54) is 0 Å². The van der Waals surface area contributed by atoms with E-state index >= 15 is 0 Å². The van der Waals surface area contributed by atoms with Gasteiger partial charge in [-0.1, -0.05) is 36.4 Å². The number of hydrogen-bond donors (Lipinski definition) is 0. The lowest BCUT2D eigenvalue weighted by molar-refractivity contribution is -0.0230. The molecule has 0 saturated carbocycles. The van der Waals surface area contributed by atoms with E-state index in [0.717, 1.165) is 5.56 Å². The molecule has 5 heteroatoms. The van der Waals surface area contributed by atoms with Crippen molar-refractivity contribution in [3.05, 3.63) is 59.7 Å². The molecule has 2 aliphatic rings. The number of nitrogens with zero attached hydrogens (tertiary/aromatic N) is 1. The predicted octanol–water partition coefficient (Wildman–Crippen LogP) is 2.67. The molecule has 2 aromatic carbocycles. The molecule has 2 aromatic rings. The lowest BCUT2D eigenvalue weighted by Gasteiger charge is -2.34. The third kappa shape index (κ3) is 2.83. The van der Waals surface area contributed by atoms with E-state index in [1.54, 1.807) is 6.07 Å². The van der Waals surface area contributed by atoms with Crippen molar-refractivity contribution in [1.82, 2.24) is 4.90 Å². The molecule has 5 nitrogen and oxygen atoms in total. The highest BCUT2D eigenvalue weighted by Crippen LogP contribution is 2.35. The summed E-state index contributed by atoms with van der Waals surface area (Å²) in [5.41, 5.74) is 1.64. The highest BCUT2D eigenvalue weighted by Gasteiger charge is 2.29. The topological polar surface area (TPSA) is 48.0 Å². The van der Waals surface area contributed by atoms with Gasteiger partial charge in [0.05, 0.1) is 18.7 Å². The maximum atomic E-state index is 13.0. The summed E-state index contributed by atoms with van der Waals surface area (Å²) in [5.74, 6) is 1.15. The van der Waals surface area contributed by atoms with E-state index in [4.69, 9.17) is 14.2 Å². The molecular formula is C19H19NO4. The van der Waals surface area contributed by atoms with Crippen molar-refractivity contribution in [2.75, 3.05) is 32.9 Å². The number of carbonyl (C=O) groups excluding carboxylic acids is 1. The molecule has 2 heterocycles. The Morgan fingerprint density at radius 1 is 0.958 bits per heavy atom. The van der Waals surface area contributed by atoms with Crippen molar-refractivity contribution in [3.8, 4) is 11.5 Å². The molecule has 0 aromatic heterocycles. The van der Waals surface area contributed by atoms with Gasteiger partial charge in [0.2, 0.25) is 0 Å². The maximum Gasteiger partial charge on any atom is 0.257 e. The van der Waals surface area contributed by atoms with Crippen LogP contribution >= 0.6 is 0 Å².